The first-order valence-corrected chi connectivity index (χ1v) is 7.92. The van der Waals surface area contributed by atoms with Gasteiger partial charge < -0.3 is 9.15 Å². The lowest BCUT2D eigenvalue weighted by molar-refractivity contribution is -0.145. The van der Waals surface area contributed by atoms with E-state index in [1.807, 2.05) is 20.8 Å². The number of carbonyl (C=O) groups is 1. The maximum atomic E-state index is 11.8. The van der Waals surface area contributed by atoms with E-state index in [0.29, 0.717) is 31.6 Å². The summed E-state index contributed by atoms with van der Waals surface area (Å²) in [5.41, 5.74) is 0.921. The van der Waals surface area contributed by atoms with E-state index in [-0.39, 0.29) is 5.97 Å². The normalized spacial score (nSPS) is 16.4. The van der Waals surface area contributed by atoms with Crippen LogP contribution in [0.1, 0.15) is 56.4 Å². The van der Waals surface area contributed by atoms with Gasteiger partial charge in [0, 0.05) is 6.04 Å². The molecule has 0 amide bonds. The minimum atomic E-state index is -0.164. The second-order valence-electron chi connectivity index (χ2n) is 5.75. The molecule has 1 heterocycles. The van der Waals surface area contributed by atoms with E-state index < -0.39 is 0 Å². The number of aromatic nitrogens is 1. The smallest absolute Gasteiger partial charge is 0.320 e. The van der Waals surface area contributed by atoms with Crippen LogP contribution in [-0.4, -0.2) is 35.0 Å². The molecule has 1 saturated carbocycles. The topological polar surface area (TPSA) is 55.6 Å². The molecule has 118 valence electrons. The number of oxazole rings is 1. The van der Waals surface area contributed by atoms with Crippen molar-refractivity contribution in [2.24, 2.45) is 0 Å². The molecule has 0 unspecified atom stereocenters. The fraction of sp³-hybridized carbons (Fsp3) is 0.750. The predicted molar refractivity (Wildman–Crippen MR) is 79.9 cm³/mol. The zero-order valence-electron chi connectivity index (χ0n) is 13.4. The van der Waals surface area contributed by atoms with Gasteiger partial charge in [0.15, 0.2) is 0 Å². The van der Waals surface area contributed by atoms with Gasteiger partial charge >= 0.3 is 5.97 Å². The predicted octanol–water partition coefficient (Wildman–Crippen LogP) is 2.99. The van der Waals surface area contributed by atoms with Crippen molar-refractivity contribution < 1.29 is 13.9 Å². The van der Waals surface area contributed by atoms with E-state index in [4.69, 9.17) is 9.15 Å². The molecular weight excluding hydrogens is 268 g/mol. The summed E-state index contributed by atoms with van der Waals surface area (Å²) in [6.45, 7) is 7.02. The molecule has 0 bridgehead atoms. The molecular formula is C16H26N2O3. The Hall–Kier alpha value is -1.36. The van der Waals surface area contributed by atoms with Crippen LogP contribution in [0.25, 0.3) is 0 Å². The fourth-order valence-corrected chi connectivity index (χ4v) is 2.91. The first kappa shape index (κ1) is 16.0. The van der Waals surface area contributed by atoms with Gasteiger partial charge in [0.25, 0.3) is 0 Å². The molecule has 0 radical (unpaired) electrons. The fourth-order valence-electron chi connectivity index (χ4n) is 2.91. The van der Waals surface area contributed by atoms with Gasteiger partial charge in [0.1, 0.15) is 5.76 Å². The Morgan fingerprint density at radius 2 is 2.05 bits per heavy atom. The standard InChI is InChI=1S/C16H26N2O3/c1-4-20-16(19)11-18(14-8-6-5-7-9-14)10-15-17-12(2)13(3)21-15/h14H,4-11H2,1-3H3. The Kier molecular flexibility index (Phi) is 5.79. The van der Waals surface area contributed by atoms with Crippen molar-refractivity contribution in [1.82, 2.24) is 9.88 Å². The molecule has 1 aromatic heterocycles. The Morgan fingerprint density at radius 3 is 2.62 bits per heavy atom. The maximum absolute atomic E-state index is 11.8. The summed E-state index contributed by atoms with van der Waals surface area (Å²) in [5, 5.41) is 0. The number of carbonyl (C=O) groups excluding carboxylic acids is 1. The van der Waals surface area contributed by atoms with Crippen LogP contribution in [0.2, 0.25) is 0 Å². The van der Waals surface area contributed by atoms with E-state index in [9.17, 15) is 4.79 Å². The lowest BCUT2D eigenvalue weighted by Gasteiger charge is -2.32. The van der Waals surface area contributed by atoms with Gasteiger partial charge in [-0.15, -0.1) is 0 Å². The quantitative estimate of drug-likeness (QED) is 0.755. The third-order valence-electron chi connectivity index (χ3n) is 4.14. The number of ether oxygens (including phenoxy) is 1. The van der Waals surface area contributed by atoms with Crippen LogP contribution >= 0.6 is 0 Å². The summed E-state index contributed by atoms with van der Waals surface area (Å²) in [4.78, 5) is 18.4. The van der Waals surface area contributed by atoms with Gasteiger partial charge in [-0.3, -0.25) is 9.69 Å². The average Bonchev–Trinajstić information content (AvgIpc) is 2.78. The lowest BCUT2D eigenvalue weighted by atomic mass is 9.94. The van der Waals surface area contributed by atoms with Crippen molar-refractivity contribution in [3.63, 3.8) is 0 Å². The van der Waals surface area contributed by atoms with Crippen molar-refractivity contribution in [2.75, 3.05) is 13.2 Å². The van der Waals surface area contributed by atoms with Crippen molar-refractivity contribution in [1.29, 1.82) is 0 Å². The van der Waals surface area contributed by atoms with Gasteiger partial charge in [-0.05, 0) is 33.6 Å². The third-order valence-corrected chi connectivity index (χ3v) is 4.14. The summed E-state index contributed by atoms with van der Waals surface area (Å²) >= 11 is 0. The van der Waals surface area contributed by atoms with Crippen LogP contribution in [0.5, 0.6) is 0 Å². The van der Waals surface area contributed by atoms with Crippen molar-refractivity contribution in [2.45, 2.75) is 65.5 Å². The molecule has 0 saturated heterocycles. The van der Waals surface area contributed by atoms with E-state index in [2.05, 4.69) is 9.88 Å². The maximum Gasteiger partial charge on any atom is 0.320 e. The zero-order chi connectivity index (χ0) is 15.2. The van der Waals surface area contributed by atoms with E-state index in [0.717, 1.165) is 24.3 Å². The van der Waals surface area contributed by atoms with Gasteiger partial charge in [0.2, 0.25) is 5.89 Å². The highest BCUT2D eigenvalue weighted by Crippen LogP contribution is 2.24. The molecule has 1 aliphatic carbocycles. The van der Waals surface area contributed by atoms with Gasteiger partial charge in [-0.2, -0.15) is 0 Å². The van der Waals surface area contributed by atoms with Crippen molar-refractivity contribution >= 4 is 5.97 Å². The lowest BCUT2D eigenvalue weighted by Crippen LogP contribution is -2.40. The minimum absolute atomic E-state index is 0.164. The highest BCUT2D eigenvalue weighted by Gasteiger charge is 2.25. The Balaban J connectivity index is 2.04. The molecule has 0 N–H and O–H groups in total. The van der Waals surface area contributed by atoms with Crippen molar-refractivity contribution in [3.05, 3.63) is 17.3 Å². The third kappa shape index (κ3) is 4.56. The monoisotopic (exact) mass is 294 g/mol. The number of aryl methyl sites for hydroxylation is 2. The van der Waals surface area contributed by atoms with Crippen LogP contribution < -0.4 is 0 Å². The molecule has 1 fully saturated rings. The van der Waals surface area contributed by atoms with E-state index in [1.165, 1.54) is 19.3 Å². The SMILES string of the molecule is CCOC(=O)CN(Cc1nc(C)c(C)o1)C1CCCCC1. The summed E-state index contributed by atoms with van der Waals surface area (Å²) < 4.78 is 10.8. The number of hydrogen-bond acceptors (Lipinski definition) is 5. The summed E-state index contributed by atoms with van der Waals surface area (Å²) in [6, 6.07) is 0.427. The Morgan fingerprint density at radius 1 is 1.33 bits per heavy atom. The molecule has 1 aromatic rings. The zero-order valence-corrected chi connectivity index (χ0v) is 13.4. The van der Waals surface area contributed by atoms with Crippen LogP contribution in [0.3, 0.4) is 0 Å². The molecule has 0 atom stereocenters. The molecule has 5 heteroatoms. The summed E-state index contributed by atoms with van der Waals surface area (Å²) in [6.07, 6.45) is 6.03. The highest BCUT2D eigenvalue weighted by atomic mass is 16.5. The second-order valence-corrected chi connectivity index (χ2v) is 5.75. The first-order chi connectivity index (χ1) is 10.1. The van der Waals surface area contributed by atoms with E-state index >= 15 is 0 Å². The molecule has 0 spiro atoms. The molecule has 1 aliphatic rings. The molecule has 5 nitrogen and oxygen atoms in total. The highest BCUT2D eigenvalue weighted by molar-refractivity contribution is 5.71. The first-order valence-electron chi connectivity index (χ1n) is 7.92. The molecule has 0 aromatic carbocycles. The molecule has 21 heavy (non-hydrogen) atoms. The number of esters is 1. The number of rotatable bonds is 6. The number of hydrogen-bond donors (Lipinski definition) is 0. The molecule has 0 aliphatic heterocycles. The van der Waals surface area contributed by atoms with Crippen LogP contribution in [0.4, 0.5) is 0 Å². The van der Waals surface area contributed by atoms with Gasteiger partial charge in [0.05, 0.1) is 25.4 Å². The van der Waals surface area contributed by atoms with E-state index in [1.54, 1.807) is 0 Å². The summed E-state index contributed by atoms with van der Waals surface area (Å²) in [7, 11) is 0. The number of nitrogens with zero attached hydrogens (tertiary/aromatic N) is 2. The van der Waals surface area contributed by atoms with Crippen LogP contribution in [0.15, 0.2) is 4.42 Å². The Labute approximate surface area is 126 Å². The van der Waals surface area contributed by atoms with Gasteiger partial charge in [-0.1, -0.05) is 19.3 Å². The minimum Gasteiger partial charge on any atom is -0.465 e. The second kappa shape index (κ2) is 7.59. The van der Waals surface area contributed by atoms with Crippen LogP contribution in [0, 0.1) is 13.8 Å². The van der Waals surface area contributed by atoms with Gasteiger partial charge in [-0.25, -0.2) is 4.98 Å². The summed E-state index contributed by atoms with van der Waals surface area (Å²) in [5.74, 6) is 1.38. The Bertz CT molecular complexity index is 445. The van der Waals surface area contributed by atoms with Crippen molar-refractivity contribution in [3.8, 4) is 0 Å². The van der Waals surface area contributed by atoms with Crippen LogP contribution in [-0.2, 0) is 16.1 Å². The largest absolute Gasteiger partial charge is 0.465 e. The average molecular weight is 294 g/mol. The molecule has 2 rings (SSSR count).